The Balaban J connectivity index is 0.000000360. The molecule has 7 heavy (non-hydrogen) atoms. The third-order valence-electron chi connectivity index (χ3n) is 0.419. The molecule has 0 amide bonds. The van der Waals surface area contributed by atoms with E-state index in [2.05, 4.69) is 20.6 Å². The fraction of sp³-hybridized carbons (Fsp3) is 0.500. The fourth-order valence-electron chi connectivity index (χ4n) is 0.189. The van der Waals surface area contributed by atoms with Crippen LogP contribution in [0, 0.1) is 6.92 Å². The van der Waals surface area contributed by atoms with E-state index in [9.17, 15) is 0 Å². The predicted octanol–water partition coefficient (Wildman–Crippen LogP) is -0.865. The normalized spacial score (nSPS) is 7.57. The summed E-state index contributed by atoms with van der Waals surface area (Å²) >= 11 is 0. The van der Waals surface area contributed by atoms with Gasteiger partial charge in [-0.15, -0.1) is 0 Å². The van der Waals surface area contributed by atoms with Crippen molar-refractivity contribution < 1.29 is 19.5 Å². The number of nitrogens with zero attached hydrogens (tertiary/aromatic N) is 4. The van der Waals surface area contributed by atoms with Gasteiger partial charge < -0.3 is 5.10 Å². The number of aromatic nitrogens is 4. The van der Waals surface area contributed by atoms with Crippen LogP contribution in [-0.4, -0.2) is 15.5 Å². The molecule has 1 aromatic heterocycles. The van der Waals surface area contributed by atoms with Gasteiger partial charge in [-0.05, 0) is 6.92 Å². The third-order valence-corrected chi connectivity index (χ3v) is 0.419. The molecule has 0 aliphatic heterocycles. The summed E-state index contributed by atoms with van der Waals surface area (Å²) in [5.41, 5.74) is 0. The molecule has 0 aliphatic carbocycles. The van der Waals surface area contributed by atoms with Crippen molar-refractivity contribution in [3.63, 3.8) is 0 Å². The standard InChI is InChI=1S/C2H3N4.Ru/c1-2-3-5-6-4-2;/h1H3;/q-1;+1. The maximum atomic E-state index is 3.44. The first-order valence-electron chi connectivity index (χ1n) is 1.55. The molecule has 1 radical (unpaired) electrons. The molecule has 0 spiro atoms. The largest absolute Gasteiger partial charge is 1.00 e. The van der Waals surface area contributed by atoms with Gasteiger partial charge >= 0.3 is 19.5 Å². The summed E-state index contributed by atoms with van der Waals surface area (Å²) in [5, 5.41) is 13.3. The predicted molar refractivity (Wildman–Crippen MR) is 17.9 cm³/mol. The number of tetrazole rings is 1. The zero-order valence-corrected chi connectivity index (χ0v) is 5.38. The van der Waals surface area contributed by atoms with Crippen molar-refractivity contribution in [1.29, 1.82) is 0 Å². The Bertz CT molecular complexity index is 113. The molecular weight excluding hydrogens is 181 g/mol. The molecule has 0 aromatic carbocycles. The van der Waals surface area contributed by atoms with E-state index in [1.807, 2.05) is 0 Å². The van der Waals surface area contributed by atoms with Gasteiger partial charge in [0.2, 0.25) is 0 Å². The maximum absolute atomic E-state index is 3.44. The molecule has 0 saturated heterocycles. The third kappa shape index (κ3) is 1.73. The van der Waals surface area contributed by atoms with E-state index in [1.54, 1.807) is 6.92 Å². The van der Waals surface area contributed by atoms with Crippen molar-refractivity contribution in [2.24, 2.45) is 0 Å². The van der Waals surface area contributed by atoms with Crippen LogP contribution in [0.1, 0.15) is 5.82 Å². The Morgan fingerprint density at radius 2 is 2.29 bits per heavy atom. The van der Waals surface area contributed by atoms with E-state index < -0.39 is 0 Å². The van der Waals surface area contributed by atoms with Gasteiger partial charge in [-0.2, -0.15) is 5.21 Å². The fourth-order valence-corrected chi connectivity index (χ4v) is 0.189. The molecule has 0 atom stereocenters. The molecule has 0 bridgehead atoms. The van der Waals surface area contributed by atoms with Crippen LogP contribution in [0.4, 0.5) is 0 Å². The Morgan fingerprint density at radius 1 is 1.57 bits per heavy atom. The number of hydrogen-bond donors (Lipinski definition) is 0. The Kier molecular flexibility index (Phi) is 2.68. The van der Waals surface area contributed by atoms with Crippen LogP contribution in [-0.2, 0) is 19.5 Å². The number of rotatable bonds is 0. The Hall–Kier alpha value is -0.307. The molecule has 0 fully saturated rings. The molecule has 1 aromatic rings. The Morgan fingerprint density at radius 3 is 2.43 bits per heavy atom. The molecule has 0 saturated carbocycles. The van der Waals surface area contributed by atoms with Crippen LogP contribution in [0.15, 0.2) is 0 Å². The molecule has 0 N–H and O–H groups in total. The van der Waals surface area contributed by atoms with E-state index in [-0.39, 0.29) is 19.5 Å². The SMILES string of the molecule is Cc1nnn[n-]1.[Ru+]. The molecule has 0 unspecified atom stereocenters. The van der Waals surface area contributed by atoms with Gasteiger partial charge in [0.05, 0.1) is 0 Å². The van der Waals surface area contributed by atoms with E-state index >= 15 is 0 Å². The van der Waals surface area contributed by atoms with Gasteiger partial charge in [-0.25, -0.2) is 0 Å². The first-order valence-corrected chi connectivity index (χ1v) is 1.55. The minimum absolute atomic E-state index is 0. The second-order valence-corrected chi connectivity index (χ2v) is 0.926. The topological polar surface area (TPSA) is 52.8 Å². The first kappa shape index (κ1) is 6.69. The molecule has 1 heterocycles. The van der Waals surface area contributed by atoms with Crippen LogP contribution >= 0.6 is 0 Å². The molecule has 5 heteroatoms. The van der Waals surface area contributed by atoms with Gasteiger partial charge in [-0.3, -0.25) is 10.3 Å². The van der Waals surface area contributed by atoms with Crippen LogP contribution in [0.25, 0.3) is 0 Å². The summed E-state index contributed by atoms with van der Waals surface area (Å²) in [6, 6.07) is 0. The zero-order chi connectivity index (χ0) is 4.41. The van der Waals surface area contributed by atoms with Gasteiger partial charge in [-0.1, -0.05) is 0 Å². The smallest absolute Gasteiger partial charge is 0.336 e. The summed E-state index contributed by atoms with van der Waals surface area (Å²) in [5.74, 6) is 0.620. The van der Waals surface area contributed by atoms with E-state index in [0.29, 0.717) is 5.82 Å². The van der Waals surface area contributed by atoms with Crippen molar-refractivity contribution in [2.75, 3.05) is 0 Å². The van der Waals surface area contributed by atoms with Crippen molar-refractivity contribution in [3.05, 3.63) is 5.82 Å². The van der Waals surface area contributed by atoms with Crippen LogP contribution < -0.4 is 5.10 Å². The molecule has 39 valence electrons. The first-order chi connectivity index (χ1) is 2.89. The van der Waals surface area contributed by atoms with E-state index in [4.69, 9.17) is 0 Å². The summed E-state index contributed by atoms with van der Waals surface area (Å²) in [4.78, 5) is 0. The number of hydrogen-bond acceptors (Lipinski definition) is 3. The monoisotopic (exact) mass is 185 g/mol. The Labute approximate surface area is 53.5 Å². The summed E-state index contributed by atoms with van der Waals surface area (Å²) < 4.78 is 0. The van der Waals surface area contributed by atoms with Gasteiger partial charge in [0.25, 0.3) is 0 Å². The minimum Gasteiger partial charge on any atom is -0.336 e. The molecule has 0 aliphatic rings. The van der Waals surface area contributed by atoms with Crippen molar-refractivity contribution in [1.82, 2.24) is 20.6 Å². The zero-order valence-electron chi connectivity index (χ0n) is 3.64. The summed E-state index contributed by atoms with van der Waals surface area (Å²) in [6.07, 6.45) is 0. The molecule has 1 rings (SSSR count). The van der Waals surface area contributed by atoms with Gasteiger partial charge in [0.15, 0.2) is 0 Å². The van der Waals surface area contributed by atoms with Gasteiger partial charge in [0.1, 0.15) is 0 Å². The second-order valence-electron chi connectivity index (χ2n) is 0.926. The van der Waals surface area contributed by atoms with Crippen LogP contribution in [0.3, 0.4) is 0 Å². The van der Waals surface area contributed by atoms with E-state index in [0.717, 1.165) is 0 Å². The quantitative estimate of drug-likeness (QED) is 0.492. The van der Waals surface area contributed by atoms with Crippen LogP contribution in [0.5, 0.6) is 0 Å². The summed E-state index contributed by atoms with van der Waals surface area (Å²) in [7, 11) is 0. The minimum atomic E-state index is 0. The van der Waals surface area contributed by atoms with E-state index in [1.165, 1.54) is 0 Å². The average molecular weight is 184 g/mol. The van der Waals surface area contributed by atoms with Crippen molar-refractivity contribution in [3.8, 4) is 0 Å². The average Bonchev–Trinajstić information content (AvgIpc) is 1.86. The van der Waals surface area contributed by atoms with Crippen molar-refractivity contribution >= 4 is 0 Å². The van der Waals surface area contributed by atoms with Gasteiger partial charge in [0, 0.05) is 5.82 Å². The molecular formula is C2H3N4Ru. The maximum Gasteiger partial charge on any atom is 1.00 e. The molecule has 4 nitrogen and oxygen atoms in total. The van der Waals surface area contributed by atoms with Crippen LogP contribution in [0.2, 0.25) is 0 Å². The van der Waals surface area contributed by atoms with Crippen molar-refractivity contribution in [2.45, 2.75) is 6.92 Å². The second kappa shape index (κ2) is 2.80. The summed E-state index contributed by atoms with van der Waals surface area (Å²) in [6.45, 7) is 1.74. The number of aryl methyl sites for hydroxylation is 1.